The molecule has 1 aliphatic heterocycles. The lowest BCUT2D eigenvalue weighted by atomic mass is 10.2. The number of nitrogens with zero attached hydrogens (tertiary/aromatic N) is 2. The van der Waals surface area contributed by atoms with Gasteiger partial charge in [-0.1, -0.05) is 0 Å². The Hall–Kier alpha value is -1.53. The Bertz CT molecular complexity index is 494. The highest BCUT2D eigenvalue weighted by Crippen LogP contribution is 2.27. The Balaban J connectivity index is 0.00000176. The third-order valence-corrected chi connectivity index (χ3v) is 4.06. The van der Waals surface area contributed by atoms with Crippen LogP contribution in [0.1, 0.15) is 23.4 Å². The fourth-order valence-electron chi connectivity index (χ4n) is 2.53. The minimum absolute atomic E-state index is 0. The minimum atomic E-state index is -0.0982. The summed E-state index contributed by atoms with van der Waals surface area (Å²) in [4.78, 5) is 27.7. The zero-order valence-corrected chi connectivity index (χ0v) is 13.3. The van der Waals surface area contributed by atoms with Crippen LogP contribution in [0.15, 0.2) is 22.8 Å². The largest absolute Gasteiger partial charge is 0.459 e. The van der Waals surface area contributed by atoms with Crippen LogP contribution in [0, 0.1) is 5.92 Å². The normalized spacial score (nSPS) is 18.0. The molecule has 0 radical (unpaired) electrons. The van der Waals surface area contributed by atoms with Gasteiger partial charge in [-0.3, -0.25) is 9.59 Å². The maximum atomic E-state index is 12.1. The summed E-state index contributed by atoms with van der Waals surface area (Å²) < 4.78 is 5.12. The molecular weight excluding hydrogens is 306 g/mol. The molecule has 0 unspecified atom stereocenters. The predicted molar refractivity (Wildman–Crippen MR) is 84.0 cm³/mol. The van der Waals surface area contributed by atoms with Crippen molar-refractivity contribution in [3.63, 3.8) is 0 Å². The topological polar surface area (TPSA) is 65.8 Å². The SMILES string of the molecule is Cl.O=C(CNCC1CC1)N1CCN(C(=O)c2ccco2)CC1. The second kappa shape index (κ2) is 7.65. The number of nitrogens with one attached hydrogen (secondary N) is 1. The number of amides is 2. The average Bonchev–Trinajstić information content (AvgIpc) is 3.17. The summed E-state index contributed by atoms with van der Waals surface area (Å²) in [5.74, 6) is 1.17. The molecule has 0 spiro atoms. The van der Waals surface area contributed by atoms with Crippen LogP contribution in [0.4, 0.5) is 0 Å². The van der Waals surface area contributed by atoms with Crippen molar-refractivity contribution in [1.29, 1.82) is 0 Å². The average molecular weight is 328 g/mol. The number of hydrogen-bond acceptors (Lipinski definition) is 4. The Morgan fingerprint density at radius 3 is 2.45 bits per heavy atom. The highest BCUT2D eigenvalue weighted by Gasteiger charge is 2.26. The number of halogens is 1. The number of carbonyl (C=O) groups is 2. The molecule has 2 heterocycles. The zero-order valence-electron chi connectivity index (χ0n) is 12.5. The van der Waals surface area contributed by atoms with Crippen LogP contribution in [0.25, 0.3) is 0 Å². The smallest absolute Gasteiger partial charge is 0.289 e. The van der Waals surface area contributed by atoms with Gasteiger partial charge in [0.1, 0.15) is 0 Å². The molecule has 0 bridgehead atoms. The second-order valence-electron chi connectivity index (χ2n) is 5.72. The van der Waals surface area contributed by atoms with Crippen LogP contribution in [0.3, 0.4) is 0 Å². The quantitative estimate of drug-likeness (QED) is 0.875. The third kappa shape index (κ3) is 4.24. The first-order chi connectivity index (χ1) is 10.2. The number of carbonyl (C=O) groups excluding carboxylic acids is 2. The van der Waals surface area contributed by atoms with Crippen LogP contribution >= 0.6 is 12.4 Å². The van der Waals surface area contributed by atoms with E-state index in [9.17, 15) is 9.59 Å². The second-order valence-corrected chi connectivity index (χ2v) is 5.72. The fraction of sp³-hybridized carbons (Fsp3) is 0.600. The Morgan fingerprint density at radius 2 is 1.86 bits per heavy atom. The summed E-state index contributed by atoms with van der Waals surface area (Å²) in [6.07, 6.45) is 4.07. The van der Waals surface area contributed by atoms with Gasteiger partial charge >= 0.3 is 0 Å². The molecule has 1 saturated heterocycles. The van der Waals surface area contributed by atoms with E-state index in [1.807, 2.05) is 4.90 Å². The molecule has 2 aliphatic rings. The molecule has 2 amide bonds. The van der Waals surface area contributed by atoms with E-state index in [0.29, 0.717) is 38.5 Å². The van der Waals surface area contributed by atoms with Crippen molar-refractivity contribution in [1.82, 2.24) is 15.1 Å². The van der Waals surface area contributed by atoms with E-state index >= 15 is 0 Å². The molecule has 3 rings (SSSR count). The van der Waals surface area contributed by atoms with E-state index < -0.39 is 0 Å². The Morgan fingerprint density at radius 1 is 1.18 bits per heavy atom. The van der Waals surface area contributed by atoms with Gasteiger partial charge in [-0.25, -0.2) is 0 Å². The van der Waals surface area contributed by atoms with E-state index in [0.717, 1.165) is 12.5 Å². The molecule has 1 aliphatic carbocycles. The van der Waals surface area contributed by atoms with Gasteiger partial charge in [0, 0.05) is 26.2 Å². The Labute approximate surface area is 136 Å². The summed E-state index contributed by atoms with van der Waals surface area (Å²) in [5, 5.41) is 3.21. The molecule has 122 valence electrons. The first-order valence-corrected chi connectivity index (χ1v) is 7.55. The van der Waals surface area contributed by atoms with Crippen molar-refractivity contribution in [3.8, 4) is 0 Å². The van der Waals surface area contributed by atoms with Crippen molar-refractivity contribution >= 4 is 24.2 Å². The molecule has 0 aromatic carbocycles. The summed E-state index contributed by atoms with van der Waals surface area (Å²) >= 11 is 0. The fourth-order valence-corrected chi connectivity index (χ4v) is 2.53. The van der Waals surface area contributed by atoms with Gasteiger partial charge < -0.3 is 19.5 Å². The van der Waals surface area contributed by atoms with Crippen molar-refractivity contribution in [2.75, 3.05) is 39.3 Å². The van der Waals surface area contributed by atoms with Gasteiger partial charge in [-0.05, 0) is 37.4 Å². The van der Waals surface area contributed by atoms with E-state index in [-0.39, 0.29) is 24.2 Å². The number of rotatable bonds is 5. The lowest BCUT2D eigenvalue weighted by molar-refractivity contribution is -0.131. The van der Waals surface area contributed by atoms with Gasteiger partial charge in [0.05, 0.1) is 12.8 Å². The van der Waals surface area contributed by atoms with Crippen molar-refractivity contribution in [3.05, 3.63) is 24.2 Å². The molecule has 2 fully saturated rings. The number of piperazine rings is 1. The number of furan rings is 1. The molecular formula is C15H22ClN3O3. The van der Waals surface area contributed by atoms with Gasteiger partial charge in [0.25, 0.3) is 5.91 Å². The summed E-state index contributed by atoms with van der Waals surface area (Å²) in [7, 11) is 0. The lowest BCUT2D eigenvalue weighted by Crippen LogP contribution is -2.52. The molecule has 0 atom stereocenters. The van der Waals surface area contributed by atoms with E-state index in [1.165, 1.54) is 19.1 Å². The molecule has 1 saturated carbocycles. The molecule has 22 heavy (non-hydrogen) atoms. The Kier molecular flexibility index (Phi) is 5.85. The predicted octanol–water partition coefficient (Wildman–Crippen LogP) is 0.985. The molecule has 1 N–H and O–H groups in total. The first-order valence-electron chi connectivity index (χ1n) is 7.55. The first kappa shape index (κ1) is 16.8. The van der Waals surface area contributed by atoms with Crippen LogP contribution in [0.5, 0.6) is 0 Å². The highest BCUT2D eigenvalue weighted by molar-refractivity contribution is 5.91. The maximum Gasteiger partial charge on any atom is 0.289 e. The molecule has 6 nitrogen and oxygen atoms in total. The summed E-state index contributed by atoms with van der Waals surface area (Å²) in [6.45, 7) is 3.67. The van der Waals surface area contributed by atoms with Crippen LogP contribution in [-0.2, 0) is 4.79 Å². The van der Waals surface area contributed by atoms with E-state index in [2.05, 4.69) is 5.32 Å². The zero-order chi connectivity index (χ0) is 14.7. The van der Waals surface area contributed by atoms with Crippen LogP contribution in [0.2, 0.25) is 0 Å². The summed E-state index contributed by atoms with van der Waals surface area (Å²) in [6, 6.07) is 3.38. The summed E-state index contributed by atoms with van der Waals surface area (Å²) in [5.41, 5.74) is 0. The standard InChI is InChI=1S/C15H21N3O3.ClH/c19-14(11-16-10-12-3-4-12)17-5-7-18(8-6-17)15(20)13-2-1-9-21-13;/h1-2,9,12,16H,3-8,10-11H2;1H. The lowest BCUT2D eigenvalue weighted by Gasteiger charge is -2.34. The molecule has 1 aromatic heterocycles. The van der Waals surface area contributed by atoms with Gasteiger partial charge in [-0.2, -0.15) is 0 Å². The third-order valence-electron chi connectivity index (χ3n) is 4.06. The van der Waals surface area contributed by atoms with Crippen LogP contribution in [-0.4, -0.2) is 60.9 Å². The van der Waals surface area contributed by atoms with Crippen molar-refractivity contribution in [2.45, 2.75) is 12.8 Å². The van der Waals surface area contributed by atoms with Gasteiger partial charge in [0.2, 0.25) is 5.91 Å². The monoisotopic (exact) mass is 327 g/mol. The van der Waals surface area contributed by atoms with Gasteiger partial charge in [0.15, 0.2) is 5.76 Å². The van der Waals surface area contributed by atoms with Gasteiger partial charge in [-0.15, -0.1) is 12.4 Å². The van der Waals surface area contributed by atoms with Crippen LogP contribution < -0.4 is 5.32 Å². The highest BCUT2D eigenvalue weighted by atomic mass is 35.5. The van der Waals surface area contributed by atoms with E-state index in [4.69, 9.17) is 4.42 Å². The molecule has 7 heteroatoms. The number of hydrogen-bond donors (Lipinski definition) is 1. The minimum Gasteiger partial charge on any atom is -0.459 e. The van der Waals surface area contributed by atoms with Crippen molar-refractivity contribution in [2.24, 2.45) is 5.92 Å². The molecule has 1 aromatic rings. The maximum absolute atomic E-state index is 12.1. The van der Waals surface area contributed by atoms with E-state index in [1.54, 1.807) is 17.0 Å². The van der Waals surface area contributed by atoms with Crippen molar-refractivity contribution < 1.29 is 14.0 Å².